The molecule has 0 bridgehead atoms. The number of hydrogen-bond acceptors (Lipinski definition) is 6. The molecule has 0 saturated carbocycles. The van der Waals surface area contributed by atoms with Crippen molar-refractivity contribution in [3.8, 4) is 0 Å². The van der Waals surface area contributed by atoms with Crippen molar-refractivity contribution in [2.75, 3.05) is 19.0 Å². The Morgan fingerprint density at radius 1 is 1.63 bits per heavy atom. The van der Waals surface area contributed by atoms with Crippen LogP contribution in [0.4, 0.5) is 14.6 Å². The van der Waals surface area contributed by atoms with Gasteiger partial charge in [0.15, 0.2) is 6.10 Å². The van der Waals surface area contributed by atoms with Gasteiger partial charge in [0.1, 0.15) is 11.9 Å². The molecule has 1 aromatic rings. The topological polar surface area (TPSA) is 96.6 Å². The lowest BCUT2D eigenvalue weighted by molar-refractivity contribution is -0.140. The molecule has 0 aliphatic carbocycles. The molecule has 9 heteroatoms. The summed E-state index contributed by atoms with van der Waals surface area (Å²) in [5, 5.41) is 20.8. The number of aromatic nitrogens is 2. The molecule has 2 heterocycles. The SMILES string of the molecule is CNc1ccn([C@@H]2O[C@H](CO)C(O)C2(F)F)c(=O)n1. The number of halogens is 2. The van der Waals surface area contributed by atoms with Crippen LogP contribution in [0.5, 0.6) is 0 Å². The Kier molecular flexibility index (Phi) is 3.52. The zero-order valence-corrected chi connectivity index (χ0v) is 9.96. The second-order valence-electron chi connectivity index (χ2n) is 4.08. The van der Waals surface area contributed by atoms with E-state index in [1.807, 2.05) is 0 Å². The van der Waals surface area contributed by atoms with Crippen molar-refractivity contribution in [2.45, 2.75) is 24.4 Å². The minimum Gasteiger partial charge on any atom is -0.394 e. The number of alkyl halides is 2. The maximum atomic E-state index is 13.8. The average Bonchev–Trinajstić information content (AvgIpc) is 2.61. The lowest BCUT2D eigenvalue weighted by Crippen LogP contribution is -2.41. The summed E-state index contributed by atoms with van der Waals surface area (Å²) in [6.07, 6.45) is -4.54. The number of anilines is 1. The van der Waals surface area contributed by atoms with Crippen LogP contribution in [0.2, 0.25) is 0 Å². The lowest BCUT2D eigenvalue weighted by atomic mass is 10.1. The minimum absolute atomic E-state index is 0.224. The first-order valence-electron chi connectivity index (χ1n) is 5.51. The van der Waals surface area contributed by atoms with E-state index in [1.54, 1.807) is 0 Å². The molecule has 106 valence electrons. The van der Waals surface area contributed by atoms with Gasteiger partial charge in [-0.2, -0.15) is 13.8 Å². The number of aliphatic hydroxyl groups is 2. The third-order valence-corrected chi connectivity index (χ3v) is 2.90. The highest BCUT2D eigenvalue weighted by atomic mass is 19.3. The van der Waals surface area contributed by atoms with Gasteiger partial charge < -0.3 is 20.3 Å². The van der Waals surface area contributed by atoms with E-state index >= 15 is 0 Å². The first-order chi connectivity index (χ1) is 8.91. The van der Waals surface area contributed by atoms with Gasteiger partial charge in [0.05, 0.1) is 6.61 Å². The Balaban J connectivity index is 2.39. The highest BCUT2D eigenvalue weighted by Gasteiger charge is 2.59. The summed E-state index contributed by atoms with van der Waals surface area (Å²) in [4.78, 5) is 15.1. The molecule has 0 amide bonds. The van der Waals surface area contributed by atoms with E-state index in [9.17, 15) is 18.7 Å². The molecule has 3 atom stereocenters. The first kappa shape index (κ1) is 13.8. The molecule has 1 saturated heterocycles. The van der Waals surface area contributed by atoms with Crippen LogP contribution in [-0.2, 0) is 4.74 Å². The Morgan fingerprint density at radius 2 is 2.32 bits per heavy atom. The Hall–Kier alpha value is -1.58. The van der Waals surface area contributed by atoms with Crippen molar-refractivity contribution >= 4 is 5.82 Å². The van der Waals surface area contributed by atoms with Crippen molar-refractivity contribution in [3.63, 3.8) is 0 Å². The molecule has 2 rings (SSSR count). The molecule has 1 aliphatic heterocycles. The summed E-state index contributed by atoms with van der Waals surface area (Å²) in [6, 6.07) is 1.32. The standard InChI is InChI=1S/C10H13F2N3O4/c1-13-6-2-3-15(9(18)14-6)8-10(11,12)7(17)5(4-16)19-8/h2-3,5,7-8,16-17H,4H2,1H3,(H,13,14,18)/t5-,7?,8-/m1/s1. The molecule has 7 nitrogen and oxygen atoms in total. The quantitative estimate of drug-likeness (QED) is 0.667. The van der Waals surface area contributed by atoms with Crippen LogP contribution in [-0.4, -0.2) is 51.5 Å². The van der Waals surface area contributed by atoms with Gasteiger partial charge >= 0.3 is 11.6 Å². The number of nitrogens with zero attached hydrogens (tertiary/aromatic N) is 2. The van der Waals surface area contributed by atoms with Gasteiger partial charge in [0.2, 0.25) is 6.23 Å². The van der Waals surface area contributed by atoms with Crippen molar-refractivity contribution in [1.82, 2.24) is 9.55 Å². The molecular weight excluding hydrogens is 264 g/mol. The molecule has 0 spiro atoms. The van der Waals surface area contributed by atoms with Crippen LogP contribution in [0, 0.1) is 0 Å². The number of rotatable bonds is 3. The smallest absolute Gasteiger partial charge is 0.351 e. The normalized spacial score (nSPS) is 29.4. The van der Waals surface area contributed by atoms with E-state index in [1.165, 1.54) is 13.1 Å². The van der Waals surface area contributed by atoms with E-state index in [0.717, 1.165) is 6.20 Å². The largest absolute Gasteiger partial charge is 0.394 e. The molecule has 0 aromatic carbocycles. The van der Waals surface area contributed by atoms with E-state index in [4.69, 9.17) is 9.84 Å². The van der Waals surface area contributed by atoms with E-state index in [2.05, 4.69) is 10.3 Å². The van der Waals surface area contributed by atoms with Gasteiger partial charge in [-0.05, 0) is 6.07 Å². The number of aliphatic hydroxyl groups excluding tert-OH is 2. The Bertz CT molecular complexity index is 522. The summed E-state index contributed by atoms with van der Waals surface area (Å²) in [5.74, 6) is -3.47. The van der Waals surface area contributed by atoms with Crippen molar-refractivity contribution < 1.29 is 23.7 Å². The third-order valence-electron chi connectivity index (χ3n) is 2.90. The number of nitrogens with one attached hydrogen (secondary N) is 1. The van der Waals surface area contributed by atoms with E-state index < -0.39 is 36.7 Å². The molecule has 3 N–H and O–H groups in total. The second-order valence-corrected chi connectivity index (χ2v) is 4.08. The van der Waals surface area contributed by atoms with Crippen LogP contribution >= 0.6 is 0 Å². The molecule has 1 aliphatic rings. The summed E-state index contributed by atoms with van der Waals surface area (Å²) < 4.78 is 33.0. The molecule has 19 heavy (non-hydrogen) atoms. The number of hydrogen-bond donors (Lipinski definition) is 3. The van der Waals surface area contributed by atoms with Gasteiger partial charge in [-0.15, -0.1) is 0 Å². The first-order valence-corrected chi connectivity index (χ1v) is 5.51. The van der Waals surface area contributed by atoms with Crippen molar-refractivity contribution in [1.29, 1.82) is 0 Å². The summed E-state index contributed by atoms with van der Waals surface area (Å²) in [5.41, 5.74) is -0.942. The second kappa shape index (κ2) is 4.83. The molecule has 1 fully saturated rings. The molecule has 1 aromatic heterocycles. The highest BCUT2D eigenvalue weighted by Crippen LogP contribution is 2.41. The fourth-order valence-corrected chi connectivity index (χ4v) is 1.85. The summed E-state index contributed by atoms with van der Waals surface area (Å²) in [6.45, 7) is -0.774. The zero-order valence-electron chi connectivity index (χ0n) is 9.96. The van der Waals surface area contributed by atoms with Crippen molar-refractivity contribution in [2.24, 2.45) is 0 Å². The Labute approximate surface area is 106 Å². The van der Waals surface area contributed by atoms with Crippen LogP contribution in [0.1, 0.15) is 6.23 Å². The predicted octanol–water partition coefficient (Wildman–Crippen LogP) is -0.829. The van der Waals surface area contributed by atoms with Crippen LogP contribution < -0.4 is 11.0 Å². The van der Waals surface area contributed by atoms with Crippen molar-refractivity contribution in [3.05, 3.63) is 22.7 Å². The van der Waals surface area contributed by atoms with Gasteiger partial charge in [-0.25, -0.2) is 4.79 Å². The van der Waals surface area contributed by atoms with Crippen LogP contribution in [0.25, 0.3) is 0 Å². The fraction of sp³-hybridized carbons (Fsp3) is 0.600. The minimum atomic E-state index is -3.69. The maximum absolute atomic E-state index is 13.8. The predicted molar refractivity (Wildman–Crippen MR) is 60.0 cm³/mol. The maximum Gasteiger partial charge on any atom is 0.351 e. The summed E-state index contributed by atoms with van der Waals surface area (Å²) in [7, 11) is 1.53. The Morgan fingerprint density at radius 3 is 2.79 bits per heavy atom. The van der Waals surface area contributed by atoms with Crippen LogP contribution in [0.15, 0.2) is 17.1 Å². The summed E-state index contributed by atoms with van der Waals surface area (Å²) >= 11 is 0. The molecular formula is C10H13F2N3O4. The van der Waals surface area contributed by atoms with E-state index in [0.29, 0.717) is 4.57 Å². The van der Waals surface area contributed by atoms with E-state index in [-0.39, 0.29) is 5.82 Å². The van der Waals surface area contributed by atoms with Gasteiger partial charge in [-0.3, -0.25) is 4.57 Å². The monoisotopic (exact) mass is 277 g/mol. The number of ether oxygens (including phenoxy) is 1. The lowest BCUT2D eigenvalue weighted by Gasteiger charge is -2.21. The third kappa shape index (κ3) is 2.20. The van der Waals surface area contributed by atoms with Gasteiger partial charge in [-0.1, -0.05) is 0 Å². The fourth-order valence-electron chi connectivity index (χ4n) is 1.85. The van der Waals surface area contributed by atoms with Gasteiger partial charge in [0.25, 0.3) is 0 Å². The molecule has 1 unspecified atom stereocenters. The average molecular weight is 277 g/mol. The zero-order chi connectivity index (χ0) is 14.2. The highest BCUT2D eigenvalue weighted by molar-refractivity contribution is 5.30. The van der Waals surface area contributed by atoms with Gasteiger partial charge in [0, 0.05) is 13.2 Å². The van der Waals surface area contributed by atoms with Crippen LogP contribution in [0.3, 0.4) is 0 Å². The molecule has 0 radical (unpaired) electrons.